The maximum absolute atomic E-state index is 12.3. The molecule has 0 saturated carbocycles. The summed E-state index contributed by atoms with van der Waals surface area (Å²) in [4.78, 5) is 34.4. The summed E-state index contributed by atoms with van der Waals surface area (Å²) in [6.07, 6.45) is 0. The van der Waals surface area contributed by atoms with Gasteiger partial charge in [0, 0.05) is 30.4 Å². The molecular formula is C18H17BrN4O6S. The van der Waals surface area contributed by atoms with Crippen LogP contribution in [0.3, 0.4) is 0 Å². The van der Waals surface area contributed by atoms with Crippen molar-refractivity contribution in [3.8, 4) is 5.75 Å². The first kappa shape index (κ1) is 23.2. The predicted octanol–water partition coefficient (Wildman–Crippen LogP) is 2.33. The van der Waals surface area contributed by atoms with Crippen molar-refractivity contribution < 1.29 is 24.0 Å². The summed E-state index contributed by atoms with van der Waals surface area (Å²) < 4.78 is 11.0. The van der Waals surface area contributed by atoms with Crippen LogP contribution < -0.4 is 20.9 Å². The molecule has 2 amide bonds. The Balaban J connectivity index is 1.86. The number of non-ortho nitro benzene ring substituents is 1. The Kier molecular flexibility index (Phi) is 8.65. The van der Waals surface area contributed by atoms with E-state index in [0.717, 1.165) is 0 Å². The summed E-state index contributed by atoms with van der Waals surface area (Å²) in [7, 11) is 1.57. The van der Waals surface area contributed by atoms with Crippen LogP contribution in [0, 0.1) is 10.1 Å². The van der Waals surface area contributed by atoms with Gasteiger partial charge in [-0.2, -0.15) is 0 Å². The Morgan fingerprint density at radius 1 is 1.07 bits per heavy atom. The van der Waals surface area contributed by atoms with Crippen LogP contribution in [0.1, 0.15) is 20.7 Å². The van der Waals surface area contributed by atoms with E-state index in [1.165, 1.54) is 24.3 Å². The molecule has 10 nitrogen and oxygen atoms in total. The molecule has 0 aliphatic rings. The quantitative estimate of drug-likeness (QED) is 0.230. The molecule has 0 fully saturated rings. The predicted molar refractivity (Wildman–Crippen MR) is 115 cm³/mol. The number of benzene rings is 2. The van der Waals surface area contributed by atoms with Crippen molar-refractivity contribution in [1.82, 2.24) is 16.2 Å². The number of ether oxygens (including phenoxy) is 2. The number of hydrogen-bond acceptors (Lipinski definition) is 7. The number of thiocarbonyl (C=S) groups is 1. The van der Waals surface area contributed by atoms with E-state index >= 15 is 0 Å². The number of nitrogens with one attached hydrogen (secondary N) is 3. The molecule has 0 aromatic heterocycles. The van der Waals surface area contributed by atoms with Gasteiger partial charge in [0.05, 0.1) is 16.0 Å². The standard InChI is InChI=1S/C18H17BrN4O6S/c1-28-8-9-29-15-7-4-12(10-14(15)19)16(24)20-18(30)22-21-17(25)11-2-5-13(6-3-11)23(26)27/h2-7,10H,8-9H2,1H3,(H,21,25)(H2,20,22,24,30). The third-order valence-corrected chi connectivity index (χ3v) is 4.42. The Bertz CT molecular complexity index is 954. The van der Waals surface area contributed by atoms with Gasteiger partial charge in [-0.3, -0.25) is 35.9 Å². The number of carbonyl (C=O) groups excluding carboxylic acids is 2. The lowest BCUT2D eigenvalue weighted by Crippen LogP contribution is -2.48. The maximum Gasteiger partial charge on any atom is 0.269 e. The Labute approximate surface area is 185 Å². The van der Waals surface area contributed by atoms with Gasteiger partial charge in [-0.25, -0.2) is 0 Å². The Morgan fingerprint density at radius 2 is 1.73 bits per heavy atom. The van der Waals surface area contributed by atoms with E-state index in [4.69, 9.17) is 21.7 Å². The second kappa shape index (κ2) is 11.2. The molecule has 0 saturated heterocycles. The molecule has 0 atom stereocenters. The zero-order valence-corrected chi connectivity index (χ0v) is 18.0. The van der Waals surface area contributed by atoms with E-state index in [1.54, 1.807) is 25.3 Å². The number of hydrogen-bond donors (Lipinski definition) is 3. The number of halogens is 1. The van der Waals surface area contributed by atoms with Crippen LogP contribution in [0.4, 0.5) is 5.69 Å². The third kappa shape index (κ3) is 6.76. The molecule has 0 aliphatic carbocycles. The molecule has 0 radical (unpaired) electrons. The summed E-state index contributed by atoms with van der Waals surface area (Å²) in [5.74, 6) is -0.525. The minimum absolute atomic E-state index is 0.133. The van der Waals surface area contributed by atoms with Crippen molar-refractivity contribution in [2.45, 2.75) is 0 Å². The van der Waals surface area contributed by atoms with Gasteiger partial charge in [-0.15, -0.1) is 0 Å². The number of hydrazine groups is 1. The molecule has 2 aromatic rings. The molecule has 0 heterocycles. The summed E-state index contributed by atoms with van der Waals surface area (Å²) in [5, 5.41) is 12.9. The summed E-state index contributed by atoms with van der Waals surface area (Å²) in [6.45, 7) is 0.795. The first-order valence-corrected chi connectivity index (χ1v) is 9.59. The average molecular weight is 497 g/mol. The van der Waals surface area contributed by atoms with E-state index in [9.17, 15) is 19.7 Å². The number of nitro groups is 1. The fraction of sp³-hybridized carbons (Fsp3) is 0.167. The van der Waals surface area contributed by atoms with E-state index in [0.29, 0.717) is 29.0 Å². The fourth-order valence-electron chi connectivity index (χ4n) is 2.12. The monoisotopic (exact) mass is 496 g/mol. The summed E-state index contributed by atoms with van der Waals surface area (Å²) in [5.41, 5.74) is 5.05. The largest absolute Gasteiger partial charge is 0.490 e. The SMILES string of the molecule is COCCOc1ccc(C(=O)NC(=S)NNC(=O)c2ccc([N+](=O)[O-])cc2)cc1Br. The van der Waals surface area contributed by atoms with Crippen molar-refractivity contribution in [1.29, 1.82) is 0 Å². The molecule has 0 spiro atoms. The van der Waals surface area contributed by atoms with Gasteiger partial charge in [0.2, 0.25) is 0 Å². The number of nitrogens with zero attached hydrogens (tertiary/aromatic N) is 1. The van der Waals surface area contributed by atoms with Gasteiger partial charge in [-0.1, -0.05) is 0 Å². The molecule has 158 valence electrons. The number of amides is 2. The molecule has 12 heteroatoms. The fourth-order valence-corrected chi connectivity index (χ4v) is 2.76. The third-order valence-electron chi connectivity index (χ3n) is 3.60. The summed E-state index contributed by atoms with van der Waals surface area (Å²) >= 11 is 8.32. The van der Waals surface area contributed by atoms with E-state index < -0.39 is 16.7 Å². The highest BCUT2D eigenvalue weighted by Crippen LogP contribution is 2.26. The Hall–Kier alpha value is -3.09. The second-order valence-corrected chi connectivity index (χ2v) is 6.92. The van der Waals surface area contributed by atoms with E-state index in [1.807, 2.05) is 0 Å². The molecule has 0 bridgehead atoms. The van der Waals surface area contributed by atoms with Gasteiger partial charge in [0.25, 0.3) is 17.5 Å². The van der Waals surface area contributed by atoms with Crippen molar-refractivity contribution in [3.63, 3.8) is 0 Å². The zero-order valence-electron chi connectivity index (χ0n) is 15.6. The second-order valence-electron chi connectivity index (χ2n) is 5.65. The number of nitro benzene ring substituents is 1. The highest BCUT2D eigenvalue weighted by molar-refractivity contribution is 9.10. The summed E-state index contributed by atoms with van der Waals surface area (Å²) in [6, 6.07) is 9.75. The smallest absolute Gasteiger partial charge is 0.269 e. The lowest BCUT2D eigenvalue weighted by Gasteiger charge is -2.12. The zero-order chi connectivity index (χ0) is 22.1. The first-order chi connectivity index (χ1) is 14.3. The van der Waals surface area contributed by atoms with Crippen LogP contribution in [-0.2, 0) is 4.74 Å². The normalized spacial score (nSPS) is 10.1. The number of rotatable bonds is 7. The molecular weight excluding hydrogens is 480 g/mol. The molecule has 0 unspecified atom stereocenters. The van der Waals surface area contributed by atoms with Crippen molar-refractivity contribution in [2.24, 2.45) is 0 Å². The number of carbonyl (C=O) groups is 2. The number of methoxy groups -OCH3 is 1. The molecule has 2 aromatic carbocycles. The van der Waals surface area contributed by atoms with Gasteiger partial charge in [-0.05, 0) is 58.5 Å². The van der Waals surface area contributed by atoms with Gasteiger partial charge in [0.15, 0.2) is 5.11 Å². The Morgan fingerprint density at radius 3 is 2.33 bits per heavy atom. The molecule has 30 heavy (non-hydrogen) atoms. The van der Waals surface area contributed by atoms with Gasteiger partial charge in [0.1, 0.15) is 12.4 Å². The average Bonchev–Trinajstić information content (AvgIpc) is 2.73. The topological polar surface area (TPSA) is 132 Å². The van der Waals surface area contributed by atoms with Gasteiger partial charge >= 0.3 is 0 Å². The lowest BCUT2D eigenvalue weighted by atomic mass is 10.2. The highest BCUT2D eigenvalue weighted by Gasteiger charge is 2.13. The van der Waals surface area contributed by atoms with Crippen molar-refractivity contribution in [2.75, 3.05) is 20.3 Å². The minimum Gasteiger partial charge on any atom is -0.490 e. The van der Waals surface area contributed by atoms with Crippen LogP contribution in [0.25, 0.3) is 0 Å². The van der Waals surface area contributed by atoms with Crippen molar-refractivity contribution >= 4 is 50.8 Å². The molecule has 3 N–H and O–H groups in total. The minimum atomic E-state index is -0.582. The van der Waals surface area contributed by atoms with Crippen molar-refractivity contribution in [3.05, 3.63) is 68.2 Å². The van der Waals surface area contributed by atoms with E-state index in [2.05, 4.69) is 32.1 Å². The van der Waals surface area contributed by atoms with Crippen LogP contribution in [0.5, 0.6) is 5.75 Å². The molecule has 0 aliphatic heterocycles. The van der Waals surface area contributed by atoms with Crippen LogP contribution in [0.15, 0.2) is 46.9 Å². The highest BCUT2D eigenvalue weighted by atomic mass is 79.9. The lowest BCUT2D eigenvalue weighted by molar-refractivity contribution is -0.384. The van der Waals surface area contributed by atoms with Crippen LogP contribution in [0.2, 0.25) is 0 Å². The van der Waals surface area contributed by atoms with Crippen LogP contribution >= 0.6 is 28.1 Å². The maximum atomic E-state index is 12.3. The molecule has 2 rings (SSSR count). The van der Waals surface area contributed by atoms with E-state index in [-0.39, 0.29) is 16.4 Å². The van der Waals surface area contributed by atoms with Gasteiger partial charge < -0.3 is 9.47 Å². The van der Waals surface area contributed by atoms with Crippen LogP contribution in [-0.4, -0.2) is 42.2 Å². The first-order valence-electron chi connectivity index (χ1n) is 8.39.